The van der Waals surface area contributed by atoms with E-state index < -0.39 is 4.92 Å². The van der Waals surface area contributed by atoms with Crippen molar-refractivity contribution in [1.82, 2.24) is 9.88 Å². The first-order valence-electron chi connectivity index (χ1n) is 12.3. The predicted molar refractivity (Wildman–Crippen MR) is 142 cm³/mol. The van der Waals surface area contributed by atoms with E-state index in [0.717, 1.165) is 19.6 Å². The number of benzene rings is 3. The van der Waals surface area contributed by atoms with E-state index >= 15 is 0 Å². The first-order chi connectivity index (χ1) is 18.0. The molecule has 0 saturated carbocycles. The molecule has 1 aliphatic heterocycles. The molecule has 2 N–H and O–H groups in total. The molecule has 0 aliphatic carbocycles. The number of hydrogen-bond donors (Lipinski definition) is 2. The second-order valence-corrected chi connectivity index (χ2v) is 8.78. The van der Waals surface area contributed by atoms with Crippen LogP contribution in [0.25, 0.3) is 10.9 Å². The number of nitrogens with zero attached hydrogens (tertiary/aromatic N) is 3. The SMILES string of the molecule is CCN(CC)Cc1ccc(N=C(c2ccc3c(c2)OCCO3)c2c(O)[nH]c3cc([N+](=O)[O-])ccc23)cc1. The zero-order valence-corrected chi connectivity index (χ0v) is 20.7. The van der Waals surface area contributed by atoms with Crippen molar-refractivity contribution in [2.75, 3.05) is 26.3 Å². The number of aromatic amines is 1. The minimum absolute atomic E-state index is 0.0677. The molecule has 0 saturated heterocycles. The quantitative estimate of drug-likeness (QED) is 0.186. The molecular weight excluding hydrogens is 472 g/mol. The van der Waals surface area contributed by atoms with E-state index in [1.807, 2.05) is 30.3 Å². The lowest BCUT2D eigenvalue weighted by atomic mass is 10.00. The molecule has 9 heteroatoms. The molecule has 3 aromatic carbocycles. The third-order valence-electron chi connectivity index (χ3n) is 6.50. The zero-order chi connectivity index (χ0) is 25.9. The van der Waals surface area contributed by atoms with Crippen molar-refractivity contribution in [3.8, 4) is 17.4 Å². The molecule has 37 heavy (non-hydrogen) atoms. The Labute approximate surface area is 214 Å². The number of fused-ring (bicyclic) bond motifs is 2. The van der Waals surface area contributed by atoms with Crippen LogP contribution in [-0.4, -0.2) is 51.9 Å². The Morgan fingerprint density at radius 2 is 1.76 bits per heavy atom. The zero-order valence-electron chi connectivity index (χ0n) is 20.7. The number of rotatable bonds is 8. The van der Waals surface area contributed by atoms with Crippen LogP contribution >= 0.6 is 0 Å². The van der Waals surface area contributed by atoms with Gasteiger partial charge >= 0.3 is 0 Å². The molecule has 190 valence electrons. The van der Waals surface area contributed by atoms with E-state index in [4.69, 9.17) is 14.5 Å². The highest BCUT2D eigenvalue weighted by Gasteiger charge is 2.22. The Morgan fingerprint density at radius 1 is 1.03 bits per heavy atom. The molecule has 5 rings (SSSR count). The number of H-pyrrole nitrogens is 1. The van der Waals surface area contributed by atoms with Gasteiger partial charge in [0.05, 0.1) is 27.4 Å². The maximum absolute atomic E-state index is 11.3. The maximum atomic E-state index is 11.3. The summed E-state index contributed by atoms with van der Waals surface area (Å²) in [7, 11) is 0. The van der Waals surface area contributed by atoms with Gasteiger partial charge in [0.2, 0.25) is 0 Å². The Morgan fingerprint density at radius 3 is 2.46 bits per heavy atom. The van der Waals surface area contributed by atoms with Crippen LogP contribution in [0.15, 0.2) is 65.7 Å². The molecular formula is C28H28N4O5. The van der Waals surface area contributed by atoms with Crippen LogP contribution in [0.1, 0.15) is 30.5 Å². The van der Waals surface area contributed by atoms with Gasteiger partial charge in [-0.2, -0.15) is 0 Å². The number of aromatic nitrogens is 1. The molecule has 1 aliphatic rings. The van der Waals surface area contributed by atoms with E-state index in [1.165, 1.54) is 17.7 Å². The van der Waals surface area contributed by atoms with Gasteiger partial charge in [0, 0.05) is 29.6 Å². The fraction of sp³-hybridized carbons (Fsp3) is 0.250. The summed E-state index contributed by atoms with van der Waals surface area (Å²) in [6.45, 7) is 8.02. The summed E-state index contributed by atoms with van der Waals surface area (Å²) in [6, 6.07) is 18.0. The molecule has 0 amide bonds. The molecule has 0 fully saturated rings. The van der Waals surface area contributed by atoms with Crippen molar-refractivity contribution in [1.29, 1.82) is 0 Å². The largest absolute Gasteiger partial charge is 0.494 e. The van der Waals surface area contributed by atoms with Crippen LogP contribution in [0.4, 0.5) is 11.4 Å². The van der Waals surface area contributed by atoms with Crippen molar-refractivity contribution < 1.29 is 19.5 Å². The maximum Gasteiger partial charge on any atom is 0.271 e. The lowest BCUT2D eigenvalue weighted by molar-refractivity contribution is -0.384. The first kappa shape index (κ1) is 24.3. The number of nitro groups is 1. The summed E-state index contributed by atoms with van der Waals surface area (Å²) in [4.78, 5) is 21.0. The van der Waals surface area contributed by atoms with Crippen LogP contribution in [0.3, 0.4) is 0 Å². The summed E-state index contributed by atoms with van der Waals surface area (Å²) in [6.07, 6.45) is 0. The average molecular weight is 501 g/mol. The molecule has 9 nitrogen and oxygen atoms in total. The first-order valence-corrected chi connectivity index (χ1v) is 12.3. The van der Waals surface area contributed by atoms with Gasteiger partial charge in [0.15, 0.2) is 17.4 Å². The summed E-state index contributed by atoms with van der Waals surface area (Å²) < 4.78 is 11.5. The van der Waals surface area contributed by atoms with Crippen LogP contribution < -0.4 is 9.47 Å². The molecule has 0 radical (unpaired) electrons. The lowest BCUT2D eigenvalue weighted by Gasteiger charge is -2.19. The normalized spacial score (nSPS) is 13.3. The third-order valence-corrected chi connectivity index (χ3v) is 6.50. The average Bonchev–Trinajstić information content (AvgIpc) is 3.25. The minimum atomic E-state index is -0.466. The number of nitro benzene ring substituents is 1. The van der Waals surface area contributed by atoms with Crippen molar-refractivity contribution in [2.45, 2.75) is 20.4 Å². The van der Waals surface area contributed by atoms with Gasteiger partial charge in [-0.05, 0) is 55.1 Å². The number of ether oxygens (including phenoxy) is 2. The predicted octanol–water partition coefficient (Wildman–Crippen LogP) is 5.56. The summed E-state index contributed by atoms with van der Waals surface area (Å²) in [5.74, 6) is 1.12. The fourth-order valence-electron chi connectivity index (χ4n) is 4.49. The van der Waals surface area contributed by atoms with Gasteiger partial charge in [-0.3, -0.25) is 15.0 Å². The molecule has 4 aromatic rings. The highest BCUT2D eigenvalue weighted by Crippen LogP contribution is 2.36. The molecule has 0 unspecified atom stereocenters. The van der Waals surface area contributed by atoms with Gasteiger partial charge in [0.1, 0.15) is 13.2 Å². The molecule has 0 bridgehead atoms. The number of non-ortho nitro benzene ring substituents is 1. The van der Waals surface area contributed by atoms with Crippen molar-refractivity contribution >= 4 is 28.0 Å². The standard InChI is InChI=1S/C28H28N4O5/c1-3-31(4-2)17-18-5-8-20(9-6-18)29-27(19-7-12-24-25(15-19)37-14-13-36-24)26-22-11-10-21(32(34)35)16-23(22)30-28(26)33/h5-12,15-16,30,33H,3-4,13-14,17H2,1-2H3. The van der Waals surface area contributed by atoms with Gasteiger partial charge in [-0.1, -0.05) is 26.0 Å². The topological polar surface area (TPSA) is 113 Å². The molecule has 0 atom stereocenters. The van der Waals surface area contributed by atoms with E-state index in [2.05, 4.69) is 35.9 Å². The fourth-order valence-corrected chi connectivity index (χ4v) is 4.49. The van der Waals surface area contributed by atoms with Gasteiger partial charge in [-0.25, -0.2) is 4.99 Å². The van der Waals surface area contributed by atoms with Crippen LogP contribution in [0, 0.1) is 10.1 Å². The monoisotopic (exact) mass is 500 g/mol. The van der Waals surface area contributed by atoms with Gasteiger partial charge in [0.25, 0.3) is 5.69 Å². The second kappa shape index (κ2) is 10.3. The molecule has 2 heterocycles. The Balaban J connectivity index is 1.62. The van der Waals surface area contributed by atoms with Crippen molar-refractivity contribution in [3.63, 3.8) is 0 Å². The summed E-state index contributed by atoms with van der Waals surface area (Å²) in [5, 5.41) is 22.8. The Kier molecular flexibility index (Phi) is 6.78. The number of aromatic hydroxyl groups is 1. The van der Waals surface area contributed by atoms with Gasteiger partial charge < -0.3 is 19.6 Å². The number of hydrogen-bond acceptors (Lipinski definition) is 7. The van der Waals surface area contributed by atoms with E-state index in [9.17, 15) is 15.2 Å². The smallest absolute Gasteiger partial charge is 0.271 e. The third kappa shape index (κ3) is 4.99. The molecule has 0 spiro atoms. The van der Waals surface area contributed by atoms with Crippen molar-refractivity contribution in [3.05, 3.63) is 87.5 Å². The van der Waals surface area contributed by atoms with Crippen molar-refractivity contribution in [2.24, 2.45) is 4.99 Å². The minimum Gasteiger partial charge on any atom is -0.494 e. The highest BCUT2D eigenvalue weighted by molar-refractivity contribution is 6.22. The summed E-state index contributed by atoms with van der Waals surface area (Å²) >= 11 is 0. The van der Waals surface area contributed by atoms with Crippen LogP contribution in [0.2, 0.25) is 0 Å². The van der Waals surface area contributed by atoms with Crippen LogP contribution in [0.5, 0.6) is 17.4 Å². The number of nitrogens with one attached hydrogen (secondary N) is 1. The van der Waals surface area contributed by atoms with E-state index in [-0.39, 0.29) is 11.6 Å². The van der Waals surface area contributed by atoms with E-state index in [1.54, 1.807) is 6.07 Å². The molecule has 1 aromatic heterocycles. The highest BCUT2D eigenvalue weighted by atomic mass is 16.6. The van der Waals surface area contributed by atoms with E-state index in [0.29, 0.717) is 58.1 Å². The summed E-state index contributed by atoms with van der Waals surface area (Å²) in [5.41, 5.74) is 3.95. The van der Waals surface area contributed by atoms with Gasteiger partial charge in [-0.15, -0.1) is 0 Å². The van der Waals surface area contributed by atoms with Crippen LogP contribution in [-0.2, 0) is 6.54 Å². The Hall–Kier alpha value is -4.37. The number of aliphatic imine (C=N–C) groups is 1. The Bertz CT molecular complexity index is 1470. The lowest BCUT2D eigenvalue weighted by Crippen LogP contribution is -2.21. The second-order valence-electron chi connectivity index (χ2n) is 8.78.